The Morgan fingerprint density at radius 3 is 2.46 bits per heavy atom. The highest BCUT2D eigenvalue weighted by molar-refractivity contribution is 7.89. The number of ether oxygens (including phenoxy) is 1. The average Bonchev–Trinajstić information content (AvgIpc) is 3.18. The van der Waals surface area contributed by atoms with E-state index in [4.69, 9.17) is 16.3 Å². The van der Waals surface area contributed by atoms with E-state index in [1.807, 2.05) is 6.92 Å². The Hall–Kier alpha value is -2.09. The van der Waals surface area contributed by atoms with E-state index in [2.05, 4.69) is 5.32 Å². The lowest BCUT2D eigenvalue weighted by molar-refractivity contribution is -0.118. The zero-order chi connectivity index (χ0) is 20.3. The molecule has 0 saturated carbocycles. The van der Waals surface area contributed by atoms with E-state index >= 15 is 0 Å². The minimum absolute atomic E-state index is 0.179. The molecule has 1 aliphatic rings. The van der Waals surface area contributed by atoms with Gasteiger partial charge in [0.2, 0.25) is 10.0 Å². The molecule has 8 heteroatoms. The molecule has 2 aromatic rings. The van der Waals surface area contributed by atoms with Gasteiger partial charge in [-0.15, -0.1) is 0 Å². The van der Waals surface area contributed by atoms with Gasteiger partial charge in [-0.25, -0.2) is 8.42 Å². The minimum atomic E-state index is -3.47. The molecule has 6 nitrogen and oxygen atoms in total. The fraction of sp³-hybridized carbons (Fsp3) is 0.350. The highest BCUT2D eigenvalue weighted by Crippen LogP contribution is 2.26. The molecule has 0 radical (unpaired) electrons. The maximum absolute atomic E-state index is 12.6. The normalized spacial score (nSPS) is 14.8. The molecular formula is C20H23ClN2O4S. The lowest BCUT2D eigenvalue weighted by Gasteiger charge is -2.17. The lowest BCUT2D eigenvalue weighted by Crippen LogP contribution is -2.27. The van der Waals surface area contributed by atoms with Crippen molar-refractivity contribution in [2.45, 2.75) is 31.6 Å². The standard InChI is InChI=1S/C20H23ClN2O4S/c1-14-11-16(21)5-7-18(14)22-20(24)13-27-19-8-6-17(12-15(19)2)28(25,26)23-9-3-4-10-23/h5-8,11-12H,3-4,9-10,13H2,1-2H3,(H,22,24). The molecule has 0 aliphatic carbocycles. The molecule has 1 aliphatic heterocycles. The van der Waals surface area contributed by atoms with Crippen LogP contribution >= 0.6 is 11.6 Å². The van der Waals surface area contributed by atoms with Gasteiger partial charge < -0.3 is 10.1 Å². The highest BCUT2D eigenvalue weighted by Gasteiger charge is 2.27. The van der Waals surface area contributed by atoms with Crippen LogP contribution in [0.3, 0.4) is 0 Å². The van der Waals surface area contributed by atoms with Crippen molar-refractivity contribution in [1.82, 2.24) is 4.31 Å². The Labute approximate surface area is 170 Å². The quantitative estimate of drug-likeness (QED) is 0.769. The van der Waals surface area contributed by atoms with Crippen LogP contribution in [-0.4, -0.2) is 38.3 Å². The topological polar surface area (TPSA) is 75.7 Å². The molecule has 1 amide bonds. The van der Waals surface area contributed by atoms with Gasteiger partial charge in [0, 0.05) is 23.8 Å². The first-order valence-electron chi connectivity index (χ1n) is 9.07. The van der Waals surface area contributed by atoms with Crippen molar-refractivity contribution < 1.29 is 17.9 Å². The van der Waals surface area contributed by atoms with E-state index in [0.29, 0.717) is 35.1 Å². The SMILES string of the molecule is Cc1cc(Cl)ccc1NC(=O)COc1ccc(S(=O)(=O)N2CCCC2)cc1C. The van der Waals surface area contributed by atoms with Gasteiger partial charge in [0.05, 0.1) is 4.90 Å². The lowest BCUT2D eigenvalue weighted by atomic mass is 10.2. The summed E-state index contributed by atoms with van der Waals surface area (Å²) in [4.78, 5) is 12.4. The predicted molar refractivity (Wildman–Crippen MR) is 109 cm³/mol. The van der Waals surface area contributed by atoms with Gasteiger partial charge in [0.15, 0.2) is 6.61 Å². The third-order valence-electron chi connectivity index (χ3n) is 4.67. The molecule has 0 bridgehead atoms. The van der Waals surface area contributed by atoms with Crippen molar-refractivity contribution in [2.24, 2.45) is 0 Å². The number of hydrogen-bond acceptors (Lipinski definition) is 4. The van der Waals surface area contributed by atoms with E-state index in [9.17, 15) is 13.2 Å². The van der Waals surface area contributed by atoms with Crippen LogP contribution in [0.15, 0.2) is 41.3 Å². The molecule has 0 spiro atoms. The highest BCUT2D eigenvalue weighted by atomic mass is 35.5. The van der Waals surface area contributed by atoms with Gasteiger partial charge in [0.25, 0.3) is 5.91 Å². The molecule has 3 rings (SSSR count). The Morgan fingerprint density at radius 2 is 1.82 bits per heavy atom. The summed E-state index contributed by atoms with van der Waals surface area (Å²) in [5.74, 6) is 0.168. The Kier molecular flexibility index (Phi) is 6.27. The van der Waals surface area contributed by atoms with Gasteiger partial charge in [-0.2, -0.15) is 4.31 Å². The summed E-state index contributed by atoms with van der Waals surface area (Å²) in [5, 5.41) is 3.38. The van der Waals surface area contributed by atoms with Crippen molar-refractivity contribution in [1.29, 1.82) is 0 Å². The molecule has 1 N–H and O–H groups in total. The number of nitrogens with one attached hydrogen (secondary N) is 1. The maximum atomic E-state index is 12.6. The van der Waals surface area contributed by atoms with Crippen molar-refractivity contribution >= 4 is 33.2 Å². The summed E-state index contributed by atoms with van der Waals surface area (Å²) in [7, 11) is -3.47. The van der Waals surface area contributed by atoms with Gasteiger partial charge in [-0.3, -0.25) is 4.79 Å². The van der Waals surface area contributed by atoms with Crippen LogP contribution in [0.1, 0.15) is 24.0 Å². The maximum Gasteiger partial charge on any atom is 0.262 e. The number of carbonyl (C=O) groups is 1. The number of amides is 1. The zero-order valence-corrected chi connectivity index (χ0v) is 17.4. The monoisotopic (exact) mass is 422 g/mol. The summed E-state index contributed by atoms with van der Waals surface area (Å²) < 4.78 is 32.4. The molecule has 1 heterocycles. The number of carbonyl (C=O) groups excluding carboxylic acids is 1. The van der Waals surface area contributed by atoms with Crippen molar-refractivity contribution in [2.75, 3.05) is 25.0 Å². The van der Waals surface area contributed by atoms with Crippen LogP contribution in [0.4, 0.5) is 5.69 Å². The van der Waals surface area contributed by atoms with Gasteiger partial charge in [0.1, 0.15) is 5.75 Å². The first-order chi connectivity index (χ1) is 13.3. The fourth-order valence-corrected chi connectivity index (χ4v) is 4.95. The fourth-order valence-electron chi connectivity index (χ4n) is 3.12. The molecule has 0 unspecified atom stereocenters. The van der Waals surface area contributed by atoms with Crippen LogP contribution in [-0.2, 0) is 14.8 Å². The third kappa shape index (κ3) is 4.66. The van der Waals surface area contributed by atoms with Gasteiger partial charge in [-0.05, 0) is 74.2 Å². The second-order valence-electron chi connectivity index (χ2n) is 6.83. The minimum Gasteiger partial charge on any atom is -0.483 e. The molecular weight excluding hydrogens is 400 g/mol. The Balaban J connectivity index is 1.64. The van der Waals surface area contributed by atoms with E-state index in [-0.39, 0.29) is 17.4 Å². The summed E-state index contributed by atoms with van der Waals surface area (Å²) in [5.41, 5.74) is 2.19. The molecule has 28 heavy (non-hydrogen) atoms. The van der Waals surface area contributed by atoms with E-state index in [1.54, 1.807) is 37.3 Å². The van der Waals surface area contributed by atoms with Crippen LogP contribution in [0, 0.1) is 13.8 Å². The largest absolute Gasteiger partial charge is 0.483 e. The van der Waals surface area contributed by atoms with E-state index < -0.39 is 10.0 Å². The summed E-state index contributed by atoms with van der Waals surface area (Å²) in [6.45, 7) is 4.56. The Bertz CT molecular complexity index is 986. The molecule has 0 aromatic heterocycles. The average molecular weight is 423 g/mol. The number of halogens is 1. The molecule has 2 aromatic carbocycles. The molecule has 150 valence electrons. The number of nitrogens with zero attached hydrogens (tertiary/aromatic N) is 1. The van der Waals surface area contributed by atoms with Crippen LogP contribution in [0.25, 0.3) is 0 Å². The number of hydrogen-bond donors (Lipinski definition) is 1. The summed E-state index contributed by atoms with van der Waals surface area (Å²) in [6.07, 6.45) is 1.78. The number of anilines is 1. The van der Waals surface area contributed by atoms with Crippen molar-refractivity contribution in [3.8, 4) is 5.75 Å². The van der Waals surface area contributed by atoms with E-state index in [1.165, 1.54) is 10.4 Å². The number of sulfonamides is 1. The number of rotatable bonds is 6. The Morgan fingerprint density at radius 1 is 1.11 bits per heavy atom. The first-order valence-corrected chi connectivity index (χ1v) is 10.9. The number of aryl methyl sites for hydroxylation is 2. The number of benzene rings is 2. The van der Waals surface area contributed by atoms with Crippen molar-refractivity contribution in [3.63, 3.8) is 0 Å². The second kappa shape index (κ2) is 8.51. The van der Waals surface area contributed by atoms with Crippen LogP contribution < -0.4 is 10.1 Å². The smallest absolute Gasteiger partial charge is 0.262 e. The molecule has 1 saturated heterocycles. The van der Waals surface area contributed by atoms with Crippen LogP contribution in [0.5, 0.6) is 5.75 Å². The predicted octanol–water partition coefficient (Wildman–Crippen LogP) is 3.76. The zero-order valence-electron chi connectivity index (χ0n) is 15.9. The molecule has 0 atom stereocenters. The van der Waals surface area contributed by atoms with Gasteiger partial charge in [-0.1, -0.05) is 11.6 Å². The summed E-state index contributed by atoms with van der Waals surface area (Å²) >= 11 is 5.92. The second-order valence-corrected chi connectivity index (χ2v) is 9.21. The summed E-state index contributed by atoms with van der Waals surface area (Å²) in [6, 6.07) is 9.91. The van der Waals surface area contributed by atoms with E-state index in [0.717, 1.165) is 18.4 Å². The third-order valence-corrected chi connectivity index (χ3v) is 6.80. The van der Waals surface area contributed by atoms with Crippen molar-refractivity contribution in [3.05, 3.63) is 52.5 Å². The van der Waals surface area contributed by atoms with Crippen LogP contribution in [0.2, 0.25) is 5.02 Å². The molecule has 1 fully saturated rings. The first kappa shape index (κ1) is 20.6. The van der Waals surface area contributed by atoms with Gasteiger partial charge >= 0.3 is 0 Å².